The van der Waals surface area contributed by atoms with E-state index in [1.165, 1.54) is 6.42 Å². The molecule has 0 atom stereocenters. The summed E-state index contributed by atoms with van der Waals surface area (Å²) >= 11 is 0. The molecule has 1 aliphatic heterocycles. The molecule has 1 amide bonds. The molecular formula is C12H14N2O2. The van der Waals surface area contributed by atoms with E-state index in [1.807, 2.05) is 6.07 Å². The number of hydrogen-bond donors (Lipinski definition) is 0. The zero-order valence-corrected chi connectivity index (χ0v) is 9.27. The van der Waals surface area contributed by atoms with Crippen molar-refractivity contribution in [1.82, 2.24) is 9.88 Å². The minimum atomic E-state index is 0.0254. The Morgan fingerprint density at radius 3 is 3.00 bits per heavy atom. The van der Waals surface area contributed by atoms with Crippen LogP contribution in [0.25, 0.3) is 0 Å². The molecule has 1 saturated carbocycles. The Morgan fingerprint density at radius 1 is 1.50 bits per heavy atom. The van der Waals surface area contributed by atoms with Crippen LogP contribution in [0.3, 0.4) is 0 Å². The van der Waals surface area contributed by atoms with E-state index in [-0.39, 0.29) is 12.0 Å². The van der Waals surface area contributed by atoms with Crippen LogP contribution in [0.5, 0.6) is 5.88 Å². The van der Waals surface area contributed by atoms with Gasteiger partial charge >= 0.3 is 0 Å². The highest BCUT2D eigenvalue weighted by Gasteiger charge is 2.31. The zero-order chi connectivity index (χ0) is 11.1. The fourth-order valence-corrected chi connectivity index (χ4v) is 2.09. The third-order valence-corrected chi connectivity index (χ3v) is 3.30. The molecule has 1 aromatic rings. The standard InChI is InChI=1S/C12H14N2O2/c1-14-7-8-5-6-13-11(10(8)12(14)15)16-9-3-2-4-9/h5-6,9H,2-4,7H2,1H3. The number of amides is 1. The summed E-state index contributed by atoms with van der Waals surface area (Å²) in [7, 11) is 1.80. The molecule has 0 spiro atoms. The molecule has 0 N–H and O–H groups in total. The van der Waals surface area contributed by atoms with Crippen LogP contribution in [0, 0.1) is 0 Å². The van der Waals surface area contributed by atoms with Gasteiger partial charge in [-0.25, -0.2) is 4.98 Å². The molecule has 2 heterocycles. The number of ether oxygens (including phenoxy) is 1. The van der Waals surface area contributed by atoms with Crippen LogP contribution in [0.4, 0.5) is 0 Å². The zero-order valence-electron chi connectivity index (χ0n) is 9.27. The monoisotopic (exact) mass is 218 g/mol. The van der Waals surface area contributed by atoms with Crippen molar-refractivity contribution in [2.24, 2.45) is 0 Å². The second-order valence-electron chi connectivity index (χ2n) is 4.48. The van der Waals surface area contributed by atoms with Crippen molar-refractivity contribution in [2.75, 3.05) is 7.05 Å². The first-order valence-electron chi connectivity index (χ1n) is 5.65. The number of carbonyl (C=O) groups is 1. The van der Waals surface area contributed by atoms with Crippen molar-refractivity contribution in [3.63, 3.8) is 0 Å². The number of carbonyl (C=O) groups excluding carboxylic acids is 1. The Labute approximate surface area is 94.2 Å². The Balaban J connectivity index is 1.94. The lowest BCUT2D eigenvalue weighted by Crippen LogP contribution is -2.26. The van der Waals surface area contributed by atoms with E-state index in [0.29, 0.717) is 18.0 Å². The highest BCUT2D eigenvalue weighted by molar-refractivity contribution is 6.00. The predicted octanol–water partition coefficient (Wildman–Crippen LogP) is 1.60. The Morgan fingerprint density at radius 2 is 2.31 bits per heavy atom. The molecule has 0 bridgehead atoms. The lowest BCUT2D eigenvalue weighted by Gasteiger charge is -2.26. The molecule has 84 valence electrons. The maximum absolute atomic E-state index is 11.9. The minimum Gasteiger partial charge on any atom is -0.474 e. The quantitative estimate of drug-likeness (QED) is 0.757. The van der Waals surface area contributed by atoms with Crippen molar-refractivity contribution < 1.29 is 9.53 Å². The second-order valence-corrected chi connectivity index (χ2v) is 4.48. The highest BCUT2D eigenvalue weighted by Crippen LogP contribution is 2.31. The van der Waals surface area contributed by atoms with Crippen molar-refractivity contribution in [1.29, 1.82) is 0 Å². The molecule has 0 unspecified atom stereocenters. The van der Waals surface area contributed by atoms with Gasteiger partial charge in [0.2, 0.25) is 5.88 Å². The fourth-order valence-electron chi connectivity index (χ4n) is 2.09. The van der Waals surface area contributed by atoms with Gasteiger partial charge in [0.05, 0.1) is 0 Å². The van der Waals surface area contributed by atoms with Crippen molar-refractivity contribution in [2.45, 2.75) is 31.9 Å². The average molecular weight is 218 g/mol. The molecule has 1 fully saturated rings. The van der Waals surface area contributed by atoms with E-state index in [0.717, 1.165) is 18.4 Å². The Kier molecular flexibility index (Phi) is 2.09. The molecule has 0 aromatic carbocycles. The summed E-state index contributed by atoms with van der Waals surface area (Å²) < 4.78 is 5.75. The third kappa shape index (κ3) is 1.37. The van der Waals surface area contributed by atoms with Gasteiger partial charge in [-0.1, -0.05) is 0 Å². The number of pyridine rings is 1. The van der Waals surface area contributed by atoms with Gasteiger partial charge < -0.3 is 9.64 Å². The first-order chi connectivity index (χ1) is 7.75. The van der Waals surface area contributed by atoms with Gasteiger partial charge in [0.1, 0.15) is 11.7 Å². The summed E-state index contributed by atoms with van der Waals surface area (Å²) in [6.45, 7) is 0.664. The van der Waals surface area contributed by atoms with Crippen LogP contribution in [-0.2, 0) is 6.54 Å². The van der Waals surface area contributed by atoms with Gasteiger partial charge in [-0.05, 0) is 30.9 Å². The molecule has 1 aromatic heterocycles. The van der Waals surface area contributed by atoms with Crippen molar-refractivity contribution in [3.8, 4) is 5.88 Å². The summed E-state index contributed by atoms with van der Waals surface area (Å²) in [4.78, 5) is 17.8. The van der Waals surface area contributed by atoms with E-state index >= 15 is 0 Å². The normalized spacial score (nSPS) is 19.6. The van der Waals surface area contributed by atoms with Crippen LogP contribution in [0.1, 0.15) is 35.2 Å². The molecular weight excluding hydrogens is 204 g/mol. The summed E-state index contributed by atoms with van der Waals surface area (Å²) in [5, 5.41) is 0. The van der Waals surface area contributed by atoms with Gasteiger partial charge in [0.15, 0.2) is 0 Å². The summed E-state index contributed by atoms with van der Waals surface area (Å²) in [5.74, 6) is 0.550. The van der Waals surface area contributed by atoms with Gasteiger partial charge in [-0.3, -0.25) is 4.79 Å². The van der Waals surface area contributed by atoms with Gasteiger partial charge in [0.25, 0.3) is 5.91 Å². The topological polar surface area (TPSA) is 42.4 Å². The van der Waals surface area contributed by atoms with Gasteiger partial charge in [0, 0.05) is 19.8 Å². The summed E-state index contributed by atoms with van der Waals surface area (Å²) in [6.07, 6.45) is 5.36. The summed E-state index contributed by atoms with van der Waals surface area (Å²) in [5.41, 5.74) is 1.69. The lowest BCUT2D eigenvalue weighted by atomic mass is 9.96. The average Bonchev–Trinajstić information content (AvgIpc) is 2.50. The van der Waals surface area contributed by atoms with Crippen molar-refractivity contribution in [3.05, 3.63) is 23.4 Å². The summed E-state index contributed by atoms with van der Waals surface area (Å²) in [6, 6.07) is 1.89. The molecule has 3 rings (SSSR count). The first kappa shape index (κ1) is 9.63. The molecule has 1 aliphatic carbocycles. The third-order valence-electron chi connectivity index (χ3n) is 3.30. The van der Waals surface area contributed by atoms with E-state index in [2.05, 4.69) is 4.98 Å². The first-order valence-corrected chi connectivity index (χ1v) is 5.65. The Hall–Kier alpha value is -1.58. The van der Waals surface area contributed by atoms with Gasteiger partial charge in [-0.15, -0.1) is 0 Å². The van der Waals surface area contributed by atoms with Crippen LogP contribution >= 0.6 is 0 Å². The van der Waals surface area contributed by atoms with Crippen LogP contribution in [0.15, 0.2) is 12.3 Å². The fraction of sp³-hybridized carbons (Fsp3) is 0.500. The van der Waals surface area contributed by atoms with E-state index in [1.54, 1.807) is 18.1 Å². The van der Waals surface area contributed by atoms with Crippen LogP contribution in [0.2, 0.25) is 0 Å². The maximum atomic E-state index is 11.9. The van der Waals surface area contributed by atoms with E-state index < -0.39 is 0 Å². The number of fused-ring (bicyclic) bond motifs is 1. The van der Waals surface area contributed by atoms with E-state index in [9.17, 15) is 4.79 Å². The number of aromatic nitrogens is 1. The highest BCUT2D eigenvalue weighted by atomic mass is 16.5. The number of hydrogen-bond acceptors (Lipinski definition) is 3. The largest absolute Gasteiger partial charge is 0.474 e. The predicted molar refractivity (Wildman–Crippen MR) is 58.3 cm³/mol. The Bertz CT molecular complexity index is 441. The second kappa shape index (κ2) is 3.47. The molecule has 16 heavy (non-hydrogen) atoms. The lowest BCUT2D eigenvalue weighted by molar-refractivity contribution is 0.0797. The molecule has 0 saturated heterocycles. The van der Waals surface area contributed by atoms with Gasteiger partial charge in [-0.2, -0.15) is 0 Å². The maximum Gasteiger partial charge on any atom is 0.259 e. The number of nitrogens with zero attached hydrogens (tertiary/aromatic N) is 2. The molecule has 2 aliphatic rings. The molecule has 4 heteroatoms. The smallest absolute Gasteiger partial charge is 0.259 e. The molecule has 4 nitrogen and oxygen atoms in total. The van der Waals surface area contributed by atoms with Crippen LogP contribution < -0.4 is 4.74 Å². The van der Waals surface area contributed by atoms with Crippen LogP contribution in [-0.4, -0.2) is 28.9 Å². The molecule has 0 radical (unpaired) electrons. The SMILES string of the molecule is CN1Cc2ccnc(OC3CCC3)c2C1=O. The van der Waals surface area contributed by atoms with Crippen molar-refractivity contribution >= 4 is 5.91 Å². The number of rotatable bonds is 2. The minimum absolute atomic E-state index is 0.0254. The van der Waals surface area contributed by atoms with E-state index in [4.69, 9.17) is 4.74 Å².